The smallest absolute Gasteiger partial charge is 0.0669 e. The molecule has 0 aromatic heterocycles. The molecule has 0 bridgehead atoms. The van der Waals surface area contributed by atoms with Crippen molar-refractivity contribution < 1.29 is 0 Å². The van der Waals surface area contributed by atoms with Crippen LogP contribution < -0.4 is 0 Å². The third-order valence-electron chi connectivity index (χ3n) is 2.36. The van der Waals surface area contributed by atoms with E-state index in [1.165, 1.54) is 16.3 Å². The van der Waals surface area contributed by atoms with Gasteiger partial charge in [-0.25, -0.2) is 0 Å². The summed E-state index contributed by atoms with van der Waals surface area (Å²) in [5.74, 6) is 0. The number of hydrogen-bond donors (Lipinski definition) is 0. The summed E-state index contributed by atoms with van der Waals surface area (Å²) in [5.41, 5.74) is 2.34. The van der Waals surface area contributed by atoms with Crippen molar-refractivity contribution in [3.63, 3.8) is 0 Å². The first-order valence-electron chi connectivity index (χ1n) is 4.66. The molecule has 0 heterocycles. The Bertz CT molecular complexity index is 506. The van der Waals surface area contributed by atoms with E-state index in [4.69, 9.17) is 5.26 Å². The fourth-order valence-electron chi connectivity index (χ4n) is 1.79. The molecule has 0 unspecified atom stereocenters. The van der Waals surface area contributed by atoms with Crippen LogP contribution in [0.1, 0.15) is 11.1 Å². The first kappa shape index (κ1) is 8.77. The average Bonchev–Trinajstić information content (AvgIpc) is 2.18. The van der Waals surface area contributed by atoms with Gasteiger partial charge in [0.15, 0.2) is 0 Å². The molecule has 14 heavy (non-hydrogen) atoms. The maximum Gasteiger partial charge on any atom is 0.0669 e. The van der Waals surface area contributed by atoms with Gasteiger partial charge in [-0.1, -0.05) is 42.0 Å². The maximum atomic E-state index is 8.72. The lowest BCUT2D eigenvalue weighted by atomic mass is 10.00. The summed E-state index contributed by atoms with van der Waals surface area (Å²) in [7, 11) is 0. The molecular weight excluding hydrogens is 170 g/mol. The predicted molar refractivity (Wildman–Crippen MR) is 58.0 cm³/mol. The first-order chi connectivity index (χ1) is 6.81. The monoisotopic (exact) mass is 181 g/mol. The minimum absolute atomic E-state index is 0.488. The van der Waals surface area contributed by atoms with Crippen LogP contribution in [0.25, 0.3) is 10.8 Å². The van der Waals surface area contributed by atoms with Crippen molar-refractivity contribution >= 4 is 10.8 Å². The van der Waals surface area contributed by atoms with Crippen molar-refractivity contribution in [3.05, 3.63) is 47.5 Å². The van der Waals surface area contributed by atoms with Gasteiger partial charge in [-0.15, -0.1) is 0 Å². The van der Waals surface area contributed by atoms with Crippen LogP contribution in [0, 0.1) is 18.3 Å². The van der Waals surface area contributed by atoms with Gasteiger partial charge >= 0.3 is 0 Å². The number of nitriles is 1. The molecule has 68 valence electrons. The minimum atomic E-state index is 0.488. The number of nitrogens with zero attached hydrogens (tertiary/aromatic N) is 1. The summed E-state index contributed by atoms with van der Waals surface area (Å²) < 4.78 is 0. The van der Waals surface area contributed by atoms with Crippen LogP contribution in [0.15, 0.2) is 36.4 Å². The standard InChI is InChI=1S/C13H11N/c1-10-8-11-4-2-3-5-13(11)12(9-10)6-7-14/h2-5,8-9H,6H2,1H3. The Balaban J connectivity index is 2.74. The molecule has 0 saturated heterocycles. The highest BCUT2D eigenvalue weighted by Gasteiger charge is 2.00. The number of fused-ring (bicyclic) bond motifs is 1. The molecule has 0 N–H and O–H groups in total. The van der Waals surface area contributed by atoms with Crippen molar-refractivity contribution in [2.24, 2.45) is 0 Å². The molecule has 2 aromatic carbocycles. The largest absolute Gasteiger partial charge is 0.198 e. The van der Waals surface area contributed by atoms with Gasteiger partial charge in [-0.2, -0.15) is 5.26 Å². The maximum absolute atomic E-state index is 8.72. The van der Waals surface area contributed by atoms with Crippen LogP contribution in [0.5, 0.6) is 0 Å². The van der Waals surface area contributed by atoms with Crippen LogP contribution in [-0.2, 0) is 6.42 Å². The summed E-state index contributed by atoms with van der Waals surface area (Å²) in [6.07, 6.45) is 0.488. The summed E-state index contributed by atoms with van der Waals surface area (Å²) in [4.78, 5) is 0. The number of benzene rings is 2. The zero-order valence-corrected chi connectivity index (χ0v) is 8.12. The van der Waals surface area contributed by atoms with Gasteiger partial charge in [-0.05, 0) is 23.3 Å². The Labute approximate surface area is 83.6 Å². The second-order valence-electron chi connectivity index (χ2n) is 3.48. The minimum Gasteiger partial charge on any atom is -0.198 e. The SMILES string of the molecule is Cc1cc(CC#N)c2ccccc2c1. The highest BCUT2D eigenvalue weighted by atomic mass is 14.2. The summed E-state index contributed by atoms with van der Waals surface area (Å²) >= 11 is 0. The van der Waals surface area contributed by atoms with Crippen molar-refractivity contribution in [3.8, 4) is 6.07 Å². The van der Waals surface area contributed by atoms with E-state index in [1.807, 2.05) is 12.1 Å². The molecule has 0 saturated carbocycles. The van der Waals surface area contributed by atoms with Gasteiger partial charge in [0.1, 0.15) is 0 Å². The summed E-state index contributed by atoms with van der Waals surface area (Å²) in [6.45, 7) is 2.06. The quantitative estimate of drug-likeness (QED) is 0.662. The van der Waals surface area contributed by atoms with E-state index < -0.39 is 0 Å². The molecule has 1 nitrogen and oxygen atoms in total. The topological polar surface area (TPSA) is 23.8 Å². The lowest BCUT2D eigenvalue weighted by molar-refractivity contribution is 1.27. The Hall–Kier alpha value is -1.81. The molecule has 0 amide bonds. The van der Waals surface area contributed by atoms with Crippen molar-refractivity contribution in [2.75, 3.05) is 0 Å². The molecule has 0 atom stereocenters. The first-order valence-corrected chi connectivity index (χ1v) is 4.66. The van der Waals surface area contributed by atoms with Gasteiger partial charge in [0.05, 0.1) is 12.5 Å². The lowest BCUT2D eigenvalue weighted by Crippen LogP contribution is -1.86. The molecule has 0 aliphatic heterocycles. The van der Waals surface area contributed by atoms with Crippen molar-refractivity contribution in [1.82, 2.24) is 0 Å². The third-order valence-corrected chi connectivity index (χ3v) is 2.36. The molecule has 2 rings (SSSR count). The normalized spacial score (nSPS) is 10.0. The molecule has 2 aromatic rings. The van der Waals surface area contributed by atoms with Crippen molar-refractivity contribution in [2.45, 2.75) is 13.3 Å². The zero-order valence-electron chi connectivity index (χ0n) is 8.12. The van der Waals surface area contributed by atoms with Crippen LogP contribution in [-0.4, -0.2) is 0 Å². The van der Waals surface area contributed by atoms with Gasteiger partial charge in [0, 0.05) is 0 Å². The molecule has 1 heteroatoms. The van der Waals surface area contributed by atoms with Gasteiger partial charge < -0.3 is 0 Å². The van der Waals surface area contributed by atoms with E-state index in [-0.39, 0.29) is 0 Å². The Morgan fingerprint density at radius 2 is 2.00 bits per heavy atom. The Morgan fingerprint density at radius 1 is 1.21 bits per heavy atom. The number of hydrogen-bond acceptors (Lipinski definition) is 1. The summed E-state index contributed by atoms with van der Waals surface area (Å²) in [5, 5.41) is 11.1. The van der Waals surface area contributed by atoms with E-state index >= 15 is 0 Å². The van der Waals surface area contributed by atoms with Crippen LogP contribution in [0.2, 0.25) is 0 Å². The predicted octanol–water partition coefficient (Wildman–Crippen LogP) is 3.21. The van der Waals surface area contributed by atoms with Crippen molar-refractivity contribution in [1.29, 1.82) is 5.26 Å². The fourth-order valence-corrected chi connectivity index (χ4v) is 1.79. The van der Waals surface area contributed by atoms with Gasteiger partial charge in [0.2, 0.25) is 0 Å². The molecule has 0 aliphatic carbocycles. The van der Waals surface area contributed by atoms with Crippen LogP contribution >= 0.6 is 0 Å². The number of rotatable bonds is 1. The molecule has 0 spiro atoms. The van der Waals surface area contributed by atoms with E-state index in [0.29, 0.717) is 6.42 Å². The highest BCUT2D eigenvalue weighted by molar-refractivity contribution is 5.86. The van der Waals surface area contributed by atoms with Gasteiger partial charge in [-0.3, -0.25) is 0 Å². The Morgan fingerprint density at radius 3 is 2.79 bits per heavy atom. The highest BCUT2D eigenvalue weighted by Crippen LogP contribution is 2.20. The van der Waals surface area contributed by atoms with Crippen LogP contribution in [0.3, 0.4) is 0 Å². The van der Waals surface area contributed by atoms with E-state index in [1.54, 1.807) is 0 Å². The average molecular weight is 181 g/mol. The second-order valence-corrected chi connectivity index (χ2v) is 3.48. The molecule has 0 aliphatic rings. The molecular formula is C13H11N. The third kappa shape index (κ3) is 1.47. The fraction of sp³-hybridized carbons (Fsp3) is 0.154. The van der Waals surface area contributed by atoms with E-state index in [9.17, 15) is 0 Å². The van der Waals surface area contributed by atoms with Gasteiger partial charge in [0.25, 0.3) is 0 Å². The molecule has 0 radical (unpaired) electrons. The van der Waals surface area contributed by atoms with Crippen LogP contribution in [0.4, 0.5) is 0 Å². The number of aryl methyl sites for hydroxylation is 1. The van der Waals surface area contributed by atoms with E-state index in [0.717, 1.165) is 5.56 Å². The summed E-state index contributed by atoms with van der Waals surface area (Å²) in [6, 6.07) is 14.6. The molecule has 0 fully saturated rings. The zero-order chi connectivity index (χ0) is 9.97. The van der Waals surface area contributed by atoms with E-state index in [2.05, 4.69) is 37.3 Å². The Kier molecular flexibility index (Phi) is 2.20. The lowest BCUT2D eigenvalue weighted by Gasteiger charge is -2.04. The second kappa shape index (κ2) is 3.51.